The fourth-order valence-corrected chi connectivity index (χ4v) is 3.36. The Bertz CT molecular complexity index is 592. The molecule has 25 heavy (non-hydrogen) atoms. The van der Waals surface area contributed by atoms with Gasteiger partial charge in [0, 0.05) is 0 Å². The van der Waals surface area contributed by atoms with Crippen LogP contribution in [0.1, 0.15) is 85.4 Å². The average molecular weight is 344 g/mol. The van der Waals surface area contributed by atoms with Crippen LogP contribution in [0.4, 0.5) is 0 Å². The van der Waals surface area contributed by atoms with E-state index in [0.29, 0.717) is 17.5 Å². The van der Waals surface area contributed by atoms with Gasteiger partial charge in [0.2, 0.25) is 5.91 Å². The molecule has 1 aromatic rings. The molecule has 0 aliphatic carbocycles. The first kappa shape index (κ1) is 19.2. The summed E-state index contributed by atoms with van der Waals surface area (Å²) in [5.41, 5.74) is 6.20. The van der Waals surface area contributed by atoms with Crippen molar-refractivity contribution >= 4 is 17.7 Å². The van der Waals surface area contributed by atoms with E-state index in [9.17, 15) is 14.4 Å². The number of unbranched alkanes of at least 4 members (excludes halogenated alkanes) is 7. The molecule has 1 aromatic carbocycles. The van der Waals surface area contributed by atoms with Crippen molar-refractivity contribution in [2.75, 3.05) is 0 Å². The van der Waals surface area contributed by atoms with Crippen LogP contribution in [0.3, 0.4) is 0 Å². The summed E-state index contributed by atoms with van der Waals surface area (Å²) in [4.78, 5) is 37.9. The molecule has 0 radical (unpaired) electrons. The molecule has 0 spiro atoms. The van der Waals surface area contributed by atoms with Crippen LogP contribution in [0.15, 0.2) is 24.3 Å². The number of amides is 3. The van der Waals surface area contributed by atoms with Gasteiger partial charge in [0.1, 0.15) is 6.04 Å². The van der Waals surface area contributed by atoms with Crippen molar-refractivity contribution in [3.05, 3.63) is 35.4 Å². The first-order valence-corrected chi connectivity index (χ1v) is 9.34. The fourth-order valence-electron chi connectivity index (χ4n) is 3.36. The fraction of sp³-hybridized carbons (Fsp3) is 0.550. The molecule has 5 heteroatoms. The van der Waals surface area contributed by atoms with E-state index in [2.05, 4.69) is 6.92 Å². The number of benzene rings is 1. The third-order valence-electron chi connectivity index (χ3n) is 4.80. The largest absolute Gasteiger partial charge is 0.368 e. The van der Waals surface area contributed by atoms with Gasteiger partial charge in [0.25, 0.3) is 11.8 Å². The minimum absolute atomic E-state index is 0.356. The zero-order valence-corrected chi connectivity index (χ0v) is 15.0. The Morgan fingerprint density at radius 1 is 0.920 bits per heavy atom. The molecular formula is C20H28N2O3. The smallest absolute Gasteiger partial charge is 0.262 e. The van der Waals surface area contributed by atoms with Gasteiger partial charge in [-0.25, -0.2) is 0 Å². The number of primary amides is 1. The number of imide groups is 1. The molecule has 1 atom stereocenters. The Kier molecular flexibility index (Phi) is 7.16. The van der Waals surface area contributed by atoms with Crippen molar-refractivity contribution in [2.45, 2.75) is 70.8 Å². The number of carbonyl (C=O) groups is 3. The summed E-state index contributed by atoms with van der Waals surface area (Å²) < 4.78 is 0. The van der Waals surface area contributed by atoms with Gasteiger partial charge in [-0.1, -0.05) is 70.4 Å². The molecule has 0 fully saturated rings. The van der Waals surface area contributed by atoms with Crippen LogP contribution in [0.2, 0.25) is 0 Å². The number of nitrogens with two attached hydrogens (primary N) is 1. The molecule has 5 nitrogen and oxygen atoms in total. The zero-order valence-electron chi connectivity index (χ0n) is 15.0. The number of rotatable bonds is 11. The normalized spacial score (nSPS) is 14.7. The minimum Gasteiger partial charge on any atom is -0.368 e. The van der Waals surface area contributed by atoms with E-state index in [1.54, 1.807) is 24.3 Å². The van der Waals surface area contributed by atoms with Gasteiger partial charge in [0.15, 0.2) is 0 Å². The van der Waals surface area contributed by atoms with E-state index in [1.807, 2.05) is 0 Å². The minimum atomic E-state index is -0.854. The number of fused-ring (bicyclic) bond motifs is 1. The van der Waals surface area contributed by atoms with Crippen molar-refractivity contribution in [1.29, 1.82) is 0 Å². The van der Waals surface area contributed by atoms with Crippen LogP contribution >= 0.6 is 0 Å². The molecule has 0 saturated carbocycles. The summed E-state index contributed by atoms with van der Waals surface area (Å²) in [5.74, 6) is -1.44. The second-order valence-electron chi connectivity index (χ2n) is 6.71. The van der Waals surface area contributed by atoms with Crippen molar-refractivity contribution in [3.63, 3.8) is 0 Å². The number of hydrogen-bond acceptors (Lipinski definition) is 3. The Labute approximate surface area is 149 Å². The maximum absolute atomic E-state index is 12.5. The molecule has 2 N–H and O–H groups in total. The Morgan fingerprint density at radius 3 is 1.88 bits per heavy atom. The number of carbonyl (C=O) groups excluding carboxylic acids is 3. The third-order valence-corrected chi connectivity index (χ3v) is 4.80. The van der Waals surface area contributed by atoms with Gasteiger partial charge in [-0.15, -0.1) is 0 Å². The van der Waals surface area contributed by atoms with Crippen LogP contribution in [-0.2, 0) is 4.79 Å². The quantitative estimate of drug-likeness (QED) is 0.491. The number of nitrogens with zero attached hydrogens (tertiary/aromatic N) is 1. The van der Waals surface area contributed by atoms with Crippen molar-refractivity contribution in [1.82, 2.24) is 4.90 Å². The lowest BCUT2D eigenvalue weighted by atomic mass is 10.0. The molecule has 0 bridgehead atoms. The average Bonchev–Trinajstić information content (AvgIpc) is 2.85. The second kappa shape index (κ2) is 9.35. The van der Waals surface area contributed by atoms with Gasteiger partial charge < -0.3 is 5.73 Å². The molecule has 0 aromatic heterocycles. The lowest BCUT2D eigenvalue weighted by molar-refractivity contribution is -0.122. The van der Waals surface area contributed by atoms with Gasteiger partial charge in [0.05, 0.1) is 11.1 Å². The standard InChI is InChI=1S/C20H28N2O3/c1-2-3-4-5-6-7-8-9-14-17(18(21)23)22-19(24)15-12-10-11-13-16(15)20(22)25/h10-13,17H,2-9,14H2,1H3,(H2,21,23). The van der Waals surface area contributed by atoms with Crippen LogP contribution in [0, 0.1) is 0 Å². The van der Waals surface area contributed by atoms with Crippen molar-refractivity contribution < 1.29 is 14.4 Å². The molecule has 1 heterocycles. The highest BCUT2D eigenvalue weighted by Gasteiger charge is 2.41. The summed E-state index contributed by atoms with van der Waals surface area (Å²) in [6.45, 7) is 2.20. The summed E-state index contributed by atoms with van der Waals surface area (Å²) in [5, 5.41) is 0. The molecule has 1 aliphatic heterocycles. The molecular weight excluding hydrogens is 316 g/mol. The van der Waals surface area contributed by atoms with Crippen molar-refractivity contribution in [3.8, 4) is 0 Å². The number of hydrogen-bond donors (Lipinski definition) is 1. The summed E-state index contributed by atoms with van der Waals surface area (Å²) >= 11 is 0. The summed E-state index contributed by atoms with van der Waals surface area (Å²) in [7, 11) is 0. The van der Waals surface area contributed by atoms with Crippen LogP contribution in [-0.4, -0.2) is 28.7 Å². The maximum atomic E-state index is 12.5. The first-order valence-electron chi connectivity index (χ1n) is 9.34. The van der Waals surface area contributed by atoms with E-state index in [4.69, 9.17) is 5.73 Å². The lowest BCUT2D eigenvalue weighted by Gasteiger charge is -2.23. The SMILES string of the molecule is CCCCCCCCCCC(C(N)=O)N1C(=O)c2ccccc2C1=O. The third kappa shape index (κ3) is 4.68. The van der Waals surface area contributed by atoms with E-state index in [0.717, 1.165) is 24.2 Å². The Hall–Kier alpha value is -2.17. The second-order valence-corrected chi connectivity index (χ2v) is 6.71. The first-order chi connectivity index (χ1) is 12.1. The summed E-state index contributed by atoms with van der Waals surface area (Å²) in [6, 6.07) is 5.80. The van der Waals surface area contributed by atoms with E-state index in [1.165, 1.54) is 32.1 Å². The van der Waals surface area contributed by atoms with Crippen LogP contribution < -0.4 is 5.73 Å². The maximum Gasteiger partial charge on any atom is 0.262 e. The van der Waals surface area contributed by atoms with Gasteiger partial charge in [-0.05, 0) is 18.6 Å². The molecule has 1 unspecified atom stereocenters. The monoisotopic (exact) mass is 344 g/mol. The highest BCUT2D eigenvalue weighted by Crippen LogP contribution is 2.26. The highest BCUT2D eigenvalue weighted by molar-refractivity contribution is 6.22. The molecule has 1 aliphatic rings. The molecule has 0 saturated heterocycles. The van der Waals surface area contributed by atoms with Gasteiger partial charge in [-0.2, -0.15) is 0 Å². The Balaban J connectivity index is 1.86. The molecule has 2 rings (SSSR count). The predicted molar refractivity (Wildman–Crippen MR) is 97.2 cm³/mol. The van der Waals surface area contributed by atoms with Crippen LogP contribution in [0.25, 0.3) is 0 Å². The molecule has 3 amide bonds. The van der Waals surface area contributed by atoms with Gasteiger partial charge >= 0.3 is 0 Å². The molecule has 136 valence electrons. The van der Waals surface area contributed by atoms with E-state index in [-0.39, 0.29) is 0 Å². The highest BCUT2D eigenvalue weighted by atomic mass is 16.2. The lowest BCUT2D eigenvalue weighted by Crippen LogP contribution is -2.47. The van der Waals surface area contributed by atoms with Crippen LogP contribution in [0.5, 0.6) is 0 Å². The zero-order chi connectivity index (χ0) is 18.2. The van der Waals surface area contributed by atoms with E-state index < -0.39 is 23.8 Å². The topological polar surface area (TPSA) is 80.5 Å². The van der Waals surface area contributed by atoms with E-state index >= 15 is 0 Å². The Morgan fingerprint density at radius 2 is 1.40 bits per heavy atom. The van der Waals surface area contributed by atoms with Crippen molar-refractivity contribution in [2.24, 2.45) is 5.73 Å². The predicted octanol–water partition coefficient (Wildman–Crippen LogP) is 3.67. The van der Waals surface area contributed by atoms with Gasteiger partial charge in [-0.3, -0.25) is 19.3 Å². The summed E-state index contributed by atoms with van der Waals surface area (Å²) in [6.07, 6.45) is 9.54.